The first kappa shape index (κ1) is 11.0. The first-order valence-corrected chi connectivity index (χ1v) is 5.38. The monoisotopic (exact) mass is 282 g/mol. The maximum absolute atomic E-state index is 13.5. The average molecular weight is 283 g/mol. The molecule has 16 heavy (non-hydrogen) atoms. The molecule has 0 bridgehead atoms. The molecule has 0 unspecified atom stereocenters. The van der Waals surface area contributed by atoms with E-state index in [1.807, 2.05) is 0 Å². The van der Waals surface area contributed by atoms with Gasteiger partial charge < -0.3 is 4.98 Å². The van der Waals surface area contributed by atoms with Gasteiger partial charge in [-0.1, -0.05) is 15.9 Å². The second-order valence-electron chi connectivity index (χ2n) is 3.33. The van der Waals surface area contributed by atoms with Crippen molar-refractivity contribution in [1.82, 2.24) is 9.97 Å². The van der Waals surface area contributed by atoms with Crippen LogP contribution in [0.2, 0.25) is 0 Å². The number of carbonyl (C=O) groups is 1. The number of rotatable bonds is 2. The van der Waals surface area contributed by atoms with Crippen molar-refractivity contribution in [3.05, 3.63) is 40.5 Å². The first-order valence-electron chi connectivity index (χ1n) is 4.59. The van der Waals surface area contributed by atoms with E-state index < -0.39 is 0 Å². The van der Waals surface area contributed by atoms with Gasteiger partial charge in [0.25, 0.3) is 0 Å². The number of hydrogen-bond donors (Lipinski definition) is 1. The smallest absolute Gasteiger partial charge is 0.194 e. The fourth-order valence-corrected chi connectivity index (χ4v) is 1.70. The van der Waals surface area contributed by atoms with E-state index in [-0.39, 0.29) is 17.4 Å². The molecule has 0 atom stereocenters. The van der Waals surface area contributed by atoms with Crippen LogP contribution in [0.1, 0.15) is 17.5 Å². The molecular formula is C11H8BrFN2O. The molecule has 82 valence electrons. The summed E-state index contributed by atoms with van der Waals surface area (Å²) < 4.78 is 14.3. The molecule has 5 heteroatoms. The molecule has 0 saturated heterocycles. The van der Waals surface area contributed by atoms with Crippen LogP contribution in [0.15, 0.2) is 28.9 Å². The quantitative estimate of drug-likeness (QED) is 0.860. The van der Waals surface area contributed by atoms with Gasteiger partial charge in [0.1, 0.15) is 5.82 Å². The number of nitrogens with zero attached hydrogens (tertiary/aromatic N) is 1. The summed E-state index contributed by atoms with van der Waals surface area (Å²) in [6.45, 7) is 1.40. The zero-order chi connectivity index (χ0) is 11.7. The maximum Gasteiger partial charge on any atom is 0.194 e. The Morgan fingerprint density at radius 1 is 1.50 bits per heavy atom. The van der Waals surface area contributed by atoms with Crippen molar-refractivity contribution >= 4 is 21.7 Å². The number of hydrogen-bond acceptors (Lipinski definition) is 2. The summed E-state index contributed by atoms with van der Waals surface area (Å²) in [5.74, 6) is -0.307. The molecule has 0 aliphatic rings. The van der Waals surface area contributed by atoms with Gasteiger partial charge in [0.2, 0.25) is 0 Å². The van der Waals surface area contributed by atoms with E-state index in [9.17, 15) is 9.18 Å². The van der Waals surface area contributed by atoms with Crippen molar-refractivity contribution in [1.29, 1.82) is 0 Å². The molecule has 3 nitrogen and oxygen atoms in total. The van der Waals surface area contributed by atoms with Crippen LogP contribution in [0.5, 0.6) is 0 Å². The van der Waals surface area contributed by atoms with Crippen LogP contribution < -0.4 is 0 Å². The molecule has 1 aromatic heterocycles. The summed E-state index contributed by atoms with van der Waals surface area (Å²) in [6.07, 6.45) is 1.45. The van der Waals surface area contributed by atoms with E-state index in [1.165, 1.54) is 19.2 Å². The van der Waals surface area contributed by atoms with E-state index in [2.05, 4.69) is 25.9 Å². The Morgan fingerprint density at radius 3 is 2.88 bits per heavy atom. The van der Waals surface area contributed by atoms with E-state index in [0.29, 0.717) is 11.3 Å². The van der Waals surface area contributed by atoms with Gasteiger partial charge >= 0.3 is 0 Å². The summed E-state index contributed by atoms with van der Waals surface area (Å²) in [7, 11) is 0. The van der Waals surface area contributed by atoms with Gasteiger partial charge in [-0.2, -0.15) is 0 Å². The first-order chi connectivity index (χ1) is 7.58. The van der Waals surface area contributed by atoms with Gasteiger partial charge in [-0.15, -0.1) is 0 Å². The minimum Gasteiger partial charge on any atom is -0.335 e. The SMILES string of the molecule is CC(=O)c1ncc(-c2cc(Br)ccc2F)[nH]1. The number of carbonyl (C=O) groups excluding carboxylic acids is 1. The Hall–Kier alpha value is -1.49. The van der Waals surface area contributed by atoms with Crippen molar-refractivity contribution in [3.8, 4) is 11.3 Å². The van der Waals surface area contributed by atoms with Crippen molar-refractivity contribution < 1.29 is 9.18 Å². The number of aromatic amines is 1. The molecule has 0 fully saturated rings. The lowest BCUT2D eigenvalue weighted by Crippen LogP contribution is -1.94. The Labute approximate surface area is 99.8 Å². The van der Waals surface area contributed by atoms with Crippen LogP contribution in [-0.2, 0) is 0 Å². The number of ketones is 1. The summed E-state index contributed by atoms with van der Waals surface area (Å²) in [4.78, 5) is 17.7. The molecular weight excluding hydrogens is 275 g/mol. The molecule has 0 aliphatic carbocycles. The van der Waals surface area contributed by atoms with Crippen LogP contribution in [0.3, 0.4) is 0 Å². The number of aromatic nitrogens is 2. The average Bonchev–Trinajstić information content (AvgIpc) is 2.70. The Morgan fingerprint density at radius 2 is 2.25 bits per heavy atom. The topological polar surface area (TPSA) is 45.8 Å². The molecule has 0 radical (unpaired) electrons. The van der Waals surface area contributed by atoms with Crippen LogP contribution in [-0.4, -0.2) is 15.8 Å². The second-order valence-corrected chi connectivity index (χ2v) is 4.24. The summed E-state index contributed by atoms with van der Waals surface area (Å²) in [6, 6.07) is 4.60. The van der Waals surface area contributed by atoms with Crippen LogP contribution in [0.4, 0.5) is 4.39 Å². The van der Waals surface area contributed by atoms with Gasteiger partial charge in [0, 0.05) is 17.0 Å². The Bertz CT molecular complexity index is 551. The van der Waals surface area contributed by atoms with Gasteiger partial charge in [-0.05, 0) is 18.2 Å². The second kappa shape index (κ2) is 4.17. The Kier molecular flexibility index (Phi) is 2.87. The Balaban J connectivity index is 2.50. The van der Waals surface area contributed by atoms with E-state index in [1.54, 1.807) is 12.1 Å². The number of nitrogens with one attached hydrogen (secondary N) is 1. The van der Waals surface area contributed by atoms with Crippen LogP contribution >= 0.6 is 15.9 Å². The van der Waals surface area contributed by atoms with Crippen LogP contribution in [0.25, 0.3) is 11.3 Å². The largest absolute Gasteiger partial charge is 0.335 e. The lowest BCUT2D eigenvalue weighted by Gasteiger charge is -2.00. The predicted molar refractivity (Wildman–Crippen MR) is 61.7 cm³/mol. The standard InChI is InChI=1S/C11H8BrFN2O/c1-6(16)11-14-5-10(15-11)8-4-7(12)2-3-9(8)13/h2-5H,1H3,(H,14,15). The minimum atomic E-state index is -0.359. The number of H-pyrrole nitrogens is 1. The highest BCUT2D eigenvalue weighted by Gasteiger charge is 2.10. The zero-order valence-electron chi connectivity index (χ0n) is 8.42. The number of halogens is 2. The molecule has 1 heterocycles. The lowest BCUT2D eigenvalue weighted by atomic mass is 10.1. The van der Waals surface area contributed by atoms with Crippen LogP contribution in [0, 0.1) is 5.82 Å². The van der Waals surface area contributed by atoms with Crippen molar-refractivity contribution in [2.24, 2.45) is 0 Å². The number of imidazole rings is 1. The third-order valence-corrected chi connectivity index (χ3v) is 2.62. The van der Waals surface area contributed by atoms with Crippen molar-refractivity contribution in [2.75, 3.05) is 0 Å². The van der Waals surface area contributed by atoms with Crippen molar-refractivity contribution in [3.63, 3.8) is 0 Å². The fraction of sp³-hybridized carbons (Fsp3) is 0.0909. The molecule has 2 aromatic rings. The lowest BCUT2D eigenvalue weighted by molar-refractivity contribution is 0.100. The molecule has 1 N–H and O–H groups in total. The van der Waals surface area contributed by atoms with E-state index in [4.69, 9.17) is 0 Å². The molecule has 2 rings (SSSR count). The van der Waals surface area contributed by atoms with Gasteiger partial charge in [-0.3, -0.25) is 4.79 Å². The minimum absolute atomic E-state index is 0.179. The molecule has 0 amide bonds. The van der Waals surface area contributed by atoms with Gasteiger partial charge in [-0.25, -0.2) is 9.37 Å². The van der Waals surface area contributed by atoms with Crippen molar-refractivity contribution in [2.45, 2.75) is 6.92 Å². The predicted octanol–water partition coefficient (Wildman–Crippen LogP) is 3.18. The highest BCUT2D eigenvalue weighted by atomic mass is 79.9. The maximum atomic E-state index is 13.5. The normalized spacial score (nSPS) is 10.4. The highest BCUT2D eigenvalue weighted by molar-refractivity contribution is 9.10. The summed E-state index contributed by atoms with van der Waals surface area (Å²) in [5, 5.41) is 0. The molecule has 1 aromatic carbocycles. The number of Topliss-reactive ketones (excluding diaryl/α,β-unsaturated/α-hetero) is 1. The molecule has 0 saturated carbocycles. The fourth-order valence-electron chi connectivity index (χ4n) is 1.34. The van der Waals surface area contributed by atoms with Gasteiger partial charge in [0.15, 0.2) is 11.6 Å². The number of benzene rings is 1. The van der Waals surface area contributed by atoms with E-state index >= 15 is 0 Å². The zero-order valence-corrected chi connectivity index (χ0v) is 10.0. The summed E-state index contributed by atoms with van der Waals surface area (Å²) in [5.41, 5.74) is 0.873. The molecule has 0 aliphatic heterocycles. The third kappa shape index (κ3) is 2.04. The highest BCUT2D eigenvalue weighted by Crippen LogP contribution is 2.24. The van der Waals surface area contributed by atoms with Gasteiger partial charge in [0.05, 0.1) is 11.9 Å². The molecule has 0 spiro atoms. The van der Waals surface area contributed by atoms with E-state index in [0.717, 1.165) is 4.47 Å². The third-order valence-electron chi connectivity index (χ3n) is 2.13. The summed E-state index contributed by atoms with van der Waals surface area (Å²) >= 11 is 3.26.